The third-order valence-corrected chi connectivity index (χ3v) is 7.50. The molecule has 0 bridgehead atoms. The van der Waals surface area contributed by atoms with Crippen LogP contribution in [0.4, 0.5) is 0 Å². The first-order valence-electron chi connectivity index (χ1n) is 12.7. The smallest absolute Gasteiger partial charge is 0.280 e. The van der Waals surface area contributed by atoms with Gasteiger partial charge in [-0.1, -0.05) is 60.7 Å². The Hall–Kier alpha value is -2.99. The largest absolute Gasteiger partial charge is 0.457 e. The number of para-hydroxylation sites is 1. The first kappa shape index (κ1) is 30.6. The Morgan fingerprint density at radius 1 is 0.897 bits per heavy atom. The highest BCUT2D eigenvalue weighted by molar-refractivity contribution is 7.87. The molecule has 1 aliphatic rings. The number of halogens is 1. The zero-order valence-corrected chi connectivity index (χ0v) is 23.3. The molecule has 39 heavy (non-hydrogen) atoms. The summed E-state index contributed by atoms with van der Waals surface area (Å²) in [6.07, 6.45) is 0. The summed E-state index contributed by atoms with van der Waals surface area (Å²) < 4.78 is 41.7. The van der Waals surface area contributed by atoms with Gasteiger partial charge in [-0.25, -0.2) is 0 Å². The number of hydrogen-bond donors (Lipinski definition) is 2. The highest BCUT2D eigenvalue weighted by atomic mass is 35.5. The van der Waals surface area contributed by atoms with Crippen molar-refractivity contribution in [1.29, 1.82) is 0 Å². The lowest BCUT2D eigenvalue weighted by Gasteiger charge is -2.27. The second kappa shape index (κ2) is 15.6. The summed E-state index contributed by atoms with van der Waals surface area (Å²) in [7, 11) is -3.98. The molecule has 0 aromatic heterocycles. The maximum Gasteiger partial charge on any atom is 0.280 e. The van der Waals surface area contributed by atoms with E-state index >= 15 is 0 Å². The van der Waals surface area contributed by atoms with Crippen LogP contribution in [0.2, 0.25) is 0 Å². The molecule has 1 amide bonds. The van der Waals surface area contributed by atoms with E-state index in [4.69, 9.17) is 9.47 Å². The van der Waals surface area contributed by atoms with Crippen LogP contribution < -0.4 is 14.8 Å². The van der Waals surface area contributed by atoms with Crippen molar-refractivity contribution in [1.82, 2.24) is 19.2 Å². The molecular weight excluding hydrogens is 540 g/mol. The fraction of sp³-hybridized carbons (Fsp3) is 0.321. The molecule has 1 saturated heterocycles. The molecule has 0 spiro atoms. The van der Waals surface area contributed by atoms with Gasteiger partial charge in [0.2, 0.25) is 5.91 Å². The van der Waals surface area contributed by atoms with Crippen LogP contribution in [0.15, 0.2) is 84.9 Å². The molecule has 1 heterocycles. The number of rotatable bonds is 13. The quantitative estimate of drug-likeness (QED) is 0.325. The van der Waals surface area contributed by atoms with Crippen molar-refractivity contribution in [3.8, 4) is 11.5 Å². The topological polar surface area (TPSA) is 100 Å². The van der Waals surface area contributed by atoms with Gasteiger partial charge in [-0.15, -0.1) is 12.4 Å². The van der Waals surface area contributed by atoms with Gasteiger partial charge >= 0.3 is 0 Å². The highest BCUT2D eigenvalue weighted by Crippen LogP contribution is 2.22. The van der Waals surface area contributed by atoms with Gasteiger partial charge in [0, 0.05) is 39.3 Å². The molecule has 0 unspecified atom stereocenters. The van der Waals surface area contributed by atoms with Crippen molar-refractivity contribution >= 4 is 28.5 Å². The molecule has 0 radical (unpaired) electrons. The van der Waals surface area contributed by atoms with Gasteiger partial charge in [-0.2, -0.15) is 17.4 Å². The molecule has 0 aliphatic carbocycles. The lowest BCUT2D eigenvalue weighted by Crippen LogP contribution is -2.47. The molecular formula is C28H35ClN4O5S. The van der Waals surface area contributed by atoms with Crippen molar-refractivity contribution in [2.45, 2.75) is 13.1 Å². The average Bonchev–Trinajstić information content (AvgIpc) is 2.94. The molecule has 0 saturated carbocycles. The van der Waals surface area contributed by atoms with Gasteiger partial charge in [-0.05, 0) is 35.4 Å². The summed E-state index contributed by atoms with van der Waals surface area (Å²) in [5.74, 6) is 0.949. The van der Waals surface area contributed by atoms with Crippen LogP contribution in [-0.2, 0) is 32.8 Å². The maximum absolute atomic E-state index is 13.3. The van der Waals surface area contributed by atoms with Crippen LogP contribution in [0.25, 0.3) is 0 Å². The summed E-state index contributed by atoms with van der Waals surface area (Å²) in [4.78, 5) is 14.9. The number of morpholine rings is 1. The zero-order valence-electron chi connectivity index (χ0n) is 21.7. The third kappa shape index (κ3) is 10.2. The van der Waals surface area contributed by atoms with E-state index in [0.29, 0.717) is 37.8 Å². The number of nitrogens with one attached hydrogen (secondary N) is 2. The molecule has 4 rings (SSSR count). The average molecular weight is 575 g/mol. The Balaban J connectivity index is 0.00000420. The number of nitrogens with zero attached hydrogens (tertiary/aromatic N) is 2. The van der Waals surface area contributed by atoms with Crippen molar-refractivity contribution in [3.63, 3.8) is 0 Å². The lowest BCUT2D eigenvalue weighted by molar-refractivity contribution is -0.121. The standard InChI is InChI=1S/C28H34N4O5S.ClH/c33-28(29-14-15-31-16-18-36-19-17-31)23-32(22-24-8-3-1-4-9-24)38(34,35)30-21-25-10-7-13-27(20-25)37-26-11-5-2-6-12-26;/h1-13,20,30H,14-19,21-23H2,(H,29,33);1H. The van der Waals surface area contributed by atoms with E-state index in [1.165, 1.54) is 0 Å². The summed E-state index contributed by atoms with van der Waals surface area (Å²) in [5.41, 5.74) is 1.52. The predicted octanol–water partition coefficient (Wildman–Crippen LogP) is 3.19. The zero-order chi connectivity index (χ0) is 26.6. The van der Waals surface area contributed by atoms with Crippen LogP contribution in [0, 0.1) is 0 Å². The van der Waals surface area contributed by atoms with Gasteiger partial charge in [0.1, 0.15) is 11.5 Å². The van der Waals surface area contributed by atoms with Crippen LogP contribution in [0.3, 0.4) is 0 Å². The number of ether oxygens (including phenoxy) is 2. The normalized spacial score (nSPS) is 14.0. The molecule has 11 heteroatoms. The molecule has 3 aromatic carbocycles. The molecule has 1 fully saturated rings. The fourth-order valence-electron chi connectivity index (χ4n) is 4.02. The minimum atomic E-state index is -3.98. The van der Waals surface area contributed by atoms with Gasteiger partial charge in [0.05, 0.1) is 19.8 Å². The van der Waals surface area contributed by atoms with Crippen LogP contribution >= 0.6 is 12.4 Å². The number of hydrogen-bond acceptors (Lipinski definition) is 6. The lowest BCUT2D eigenvalue weighted by atomic mass is 10.2. The maximum atomic E-state index is 13.3. The monoisotopic (exact) mass is 574 g/mol. The van der Waals surface area contributed by atoms with E-state index < -0.39 is 10.2 Å². The van der Waals surface area contributed by atoms with Crippen molar-refractivity contribution < 1.29 is 22.7 Å². The third-order valence-electron chi connectivity index (χ3n) is 6.05. The number of amides is 1. The summed E-state index contributed by atoms with van der Waals surface area (Å²) in [6.45, 7) is 4.00. The van der Waals surface area contributed by atoms with E-state index in [-0.39, 0.29) is 37.9 Å². The fourth-order valence-corrected chi connectivity index (χ4v) is 5.15. The summed E-state index contributed by atoms with van der Waals surface area (Å²) in [5, 5.41) is 2.85. The Bertz CT molecular complexity index is 1260. The molecule has 1 aliphatic heterocycles. The Labute approximate surface area is 236 Å². The molecule has 2 N–H and O–H groups in total. The Morgan fingerprint density at radius 2 is 1.54 bits per heavy atom. The van der Waals surface area contributed by atoms with Crippen molar-refractivity contribution in [2.24, 2.45) is 0 Å². The molecule has 0 atom stereocenters. The first-order chi connectivity index (χ1) is 18.5. The van der Waals surface area contributed by atoms with Crippen LogP contribution in [0.1, 0.15) is 11.1 Å². The number of carbonyl (C=O) groups excluding carboxylic acids is 1. The van der Waals surface area contributed by atoms with Crippen LogP contribution in [0.5, 0.6) is 11.5 Å². The second-order valence-electron chi connectivity index (χ2n) is 8.95. The highest BCUT2D eigenvalue weighted by Gasteiger charge is 2.25. The summed E-state index contributed by atoms with van der Waals surface area (Å²) in [6, 6.07) is 25.8. The van der Waals surface area contributed by atoms with Gasteiger partial charge < -0.3 is 14.8 Å². The second-order valence-corrected chi connectivity index (χ2v) is 10.7. The molecule has 3 aromatic rings. The van der Waals surface area contributed by atoms with E-state index in [2.05, 4.69) is 14.9 Å². The minimum absolute atomic E-state index is 0. The predicted molar refractivity (Wildman–Crippen MR) is 153 cm³/mol. The van der Waals surface area contributed by atoms with Crippen molar-refractivity contribution in [3.05, 3.63) is 96.1 Å². The first-order valence-corrected chi connectivity index (χ1v) is 14.1. The van der Waals surface area contributed by atoms with E-state index in [0.717, 1.165) is 28.5 Å². The summed E-state index contributed by atoms with van der Waals surface area (Å²) >= 11 is 0. The van der Waals surface area contributed by atoms with Gasteiger partial charge in [-0.3, -0.25) is 9.69 Å². The van der Waals surface area contributed by atoms with E-state index in [1.807, 2.05) is 78.9 Å². The Kier molecular flexibility index (Phi) is 12.2. The Morgan fingerprint density at radius 3 is 2.26 bits per heavy atom. The van der Waals surface area contributed by atoms with E-state index in [1.54, 1.807) is 6.07 Å². The van der Waals surface area contributed by atoms with Crippen LogP contribution in [-0.4, -0.2) is 69.5 Å². The minimum Gasteiger partial charge on any atom is -0.457 e. The molecule has 9 nitrogen and oxygen atoms in total. The number of benzene rings is 3. The van der Waals surface area contributed by atoms with Gasteiger partial charge in [0.25, 0.3) is 10.2 Å². The number of carbonyl (C=O) groups is 1. The van der Waals surface area contributed by atoms with Gasteiger partial charge in [0.15, 0.2) is 0 Å². The van der Waals surface area contributed by atoms with Crippen molar-refractivity contribution in [2.75, 3.05) is 45.9 Å². The molecule has 210 valence electrons. The SMILES string of the molecule is Cl.O=C(CN(Cc1ccccc1)S(=O)(=O)NCc1cccc(Oc2ccccc2)c1)NCCN1CCOCC1. The van der Waals surface area contributed by atoms with E-state index in [9.17, 15) is 13.2 Å².